The van der Waals surface area contributed by atoms with Gasteiger partial charge < -0.3 is 19.3 Å². The van der Waals surface area contributed by atoms with E-state index in [1.54, 1.807) is 21.9 Å². The van der Waals surface area contributed by atoms with Crippen LogP contribution in [0.1, 0.15) is 18.9 Å². The Morgan fingerprint density at radius 2 is 1.85 bits per heavy atom. The summed E-state index contributed by atoms with van der Waals surface area (Å²) in [6.07, 6.45) is 3.44. The maximum atomic E-state index is 12.6. The van der Waals surface area contributed by atoms with Crippen molar-refractivity contribution in [3.8, 4) is 11.5 Å². The minimum Gasteiger partial charge on any atom is -0.493 e. The third kappa shape index (κ3) is 5.18. The van der Waals surface area contributed by atoms with Crippen LogP contribution in [0.5, 0.6) is 11.5 Å². The number of halogens is 2. The van der Waals surface area contributed by atoms with E-state index in [2.05, 4.69) is 4.74 Å². The first kappa shape index (κ1) is 19.7. The van der Waals surface area contributed by atoms with E-state index in [9.17, 15) is 18.4 Å². The Kier molecular flexibility index (Phi) is 6.94. The van der Waals surface area contributed by atoms with Crippen molar-refractivity contribution in [2.45, 2.75) is 20.0 Å². The lowest BCUT2D eigenvalue weighted by atomic mass is 10.1. The second kappa shape index (κ2) is 9.17. The van der Waals surface area contributed by atoms with Gasteiger partial charge >= 0.3 is 6.61 Å². The summed E-state index contributed by atoms with van der Waals surface area (Å²) in [6.45, 7) is 0.563. The molecule has 6 nitrogen and oxygen atoms in total. The van der Waals surface area contributed by atoms with Gasteiger partial charge in [-0.05, 0) is 18.6 Å². The van der Waals surface area contributed by atoms with Crippen molar-refractivity contribution >= 4 is 17.9 Å². The highest BCUT2D eigenvalue weighted by Crippen LogP contribution is 2.33. The summed E-state index contributed by atoms with van der Waals surface area (Å²) >= 11 is 0. The minimum atomic E-state index is -3.00. The van der Waals surface area contributed by atoms with E-state index in [4.69, 9.17) is 4.74 Å². The lowest BCUT2D eigenvalue weighted by Gasteiger charge is -2.20. The quantitative estimate of drug-likeness (QED) is 0.749. The van der Waals surface area contributed by atoms with Crippen molar-refractivity contribution in [2.24, 2.45) is 0 Å². The number of amides is 2. The highest BCUT2D eigenvalue weighted by atomic mass is 19.3. The van der Waals surface area contributed by atoms with Crippen molar-refractivity contribution in [1.82, 2.24) is 9.80 Å². The van der Waals surface area contributed by atoms with E-state index in [-0.39, 0.29) is 23.3 Å². The molecule has 1 heterocycles. The van der Waals surface area contributed by atoms with E-state index in [1.165, 1.54) is 32.3 Å². The molecule has 1 aliphatic rings. The number of carbonyl (C=O) groups excluding carboxylic acids is 2. The second-order valence-corrected chi connectivity index (χ2v) is 5.78. The van der Waals surface area contributed by atoms with Crippen LogP contribution in [0.15, 0.2) is 24.3 Å². The predicted octanol–water partition coefficient (Wildman–Crippen LogP) is 2.39. The molecule has 8 heteroatoms. The number of alkyl halides is 2. The van der Waals surface area contributed by atoms with Crippen LogP contribution in [-0.4, -0.2) is 61.5 Å². The molecule has 0 atom stereocenters. The number of hydrogen-bond acceptors (Lipinski definition) is 4. The highest BCUT2D eigenvalue weighted by molar-refractivity contribution is 5.92. The normalized spacial score (nSPS) is 15.3. The average Bonchev–Trinajstić information content (AvgIpc) is 2.86. The van der Waals surface area contributed by atoms with E-state index in [1.807, 2.05) is 0 Å². The molecule has 1 saturated heterocycles. The van der Waals surface area contributed by atoms with E-state index < -0.39 is 6.61 Å². The Morgan fingerprint density at radius 1 is 1.15 bits per heavy atom. The lowest BCUT2D eigenvalue weighted by Crippen LogP contribution is -2.35. The van der Waals surface area contributed by atoms with Crippen LogP contribution in [0.4, 0.5) is 8.78 Å². The van der Waals surface area contributed by atoms with Gasteiger partial charge in [0.2, 0.25) is 11.8 Å². The Morgan fingerprint density at radius 3 is 2.50 bits per heavy atom. The molecular formula is C18H22F2N2O4. The fourth-order valence-corrected chi connectivity index (χ4v) is 2.76. The molecule has 26 heavy (non-hydrogen) atoms. The molecule has 2 rings (SSSR count). The molecule has 0 aromatic heterocycles. The summed E-state index contributed by atoms with van der Waals surface area (Å²) in [6, 6.07) is 4.68. The number of rotatable bonds is 5. The Balaban J connectivity index is 2.11. The first-order valence-corrected chi connectivity index (χ1v) is 8.26. The summed E-state index contributed by atoms with van der Waals surface area (Å²) in [5.74, 6) is -0.222. The number of hydrogen-bond donors (Lipinski definition) is 0. The number of para-hydroxylation sites is 1. The summed E-state index contributed by atoms with van der Waals surface area (Å²) in [5.41, 5.74) is 0.318. The van der Waals surface area contributed by atoms with Gasteiger partial charge in [-0.3, -0.25) is 9.59 Å². The topological polar surface area (TPSA) is 59.1 Å². The van der Waals surface area contributed by atoms with Crippen molar-refractivity contribution < 1.29 is 27.8 Å². The third-order valence-electron chi connectivity index (χ3n) is 4.09. The maximum Gasteiger partial charge on any atom is 0.387 e. The van der Waals surface area contributed by atoms with Crippen molar-refractivity contribution in [1.29, 1.82) is 0 Å². The van der Waals surface area contributed by atoms with E-state index in [0.29, 0.717) is 38.2 Å². The van der Waals surface area contributed by atoms with Crippen LogP contribution in [0.3, 0.4) is 0 Å². The molecule has 2 amide bonds. The first-order valence-electron chi connectivity index (χ1n) is 8.26. The third-order valence-corrected chi connectivity index (χ3v) is 4.09. The van der Waals surface area contributed by atoms with Gasteiger partial charge in [0, 0.05) is 44.7 Å². The highest BCUT2D eigenvalue weighted by Gasteiger charge is 2.19. The number of benzene rings is 1. The van der Waals surface area contributed by atoms with Gasteiger partial charge in [0.05, 0.1) is 7.11 Å². The summed E-state index contributed by atoms with van der Waals surface area (Å²) in [7, 11) is 1.35. The van der Waals surface area contributed by atoms with Gasteiger partial charge in [0.1, 0.15) is 0 Å². The molecule has 0 N–H and O–H groups in total. The SMILES string of the molecule is COc1cccc(/C=C/C(=O)N2CCCN(C(C)=O)CC2)c1OC(F)F. The molecule has 0 bridgehead atoms. The van der Waals surface area contributed by atoms with Crippen LogP contribution >= 0.6 is 0 Å². The monoisotopic (exact) mass is 368 g/mol. The molecular weight excluding hydrogens is 346 g/mol. The molecule has 1 fully saturated rings. The van der Waals surface area contributed by atoms with Gasteiger partial charge in [-0.2, -0.15) is 8.78 Å². The molecule has 0 saturated carbocycles. The van der Waals surface area contributed by atoms with Crippen LogP contribution < -0.4 is 9.47 Å². The Labute approximate surface area is 151 Å². The summed E-state index contributed by atoms with van der Waals surface area (Å²) < 4.78 is 34.9. The molecule has 0 unspecified atom stereocenters. The Hall–Kier alpha value is -2.64. The fourth-order valence-electron chi connectivity index (χ4n) is 2.76. The first-order chi connectivity index (χ1) is 12.4. The van der Waals surface area contributed by atoms with Crippen molar-refractivity contribution in [3.63, 3.8) is 0 Å². The van der Waals surface area contributed by atoms with Gasteiger partial charge in [-0.15, -0.1) is 0 Å². The molecule has 1 aliphatic heterocycles. The molecule has 1 aromatic carbocycles. The van der Waals surface area contributed by atoms with Gasteiger partial charge in [0.15, 0.2) is 11.5 Å². The number of nitrogens with zero attached hydrogens (tertiary/aromatic N) is 2. The zero-order valence-corrected chi connectivity index (χ0v) is 14.8. The smallest absolute Gasteiger partial charge is 0.387 e. The standard InChI is InChI=1S/C18H22F2N2O4/c1-13(23)21-9-4-10-22(12-11-21)16(24)8-7-14-5-3-6-15(25-2)17(14)26-18(19)20/h3,5-8,18H,4,9-12H2,1-2H3/b8-7+. The zero-order chi connectivity index (χ0) is 19.1. The minimum absolute atomic E-state index is 0.0139. The molecule has 0 aliphatic carbocycles. The molecule has 142 valence electrons. The fraction of sp³-hybridized carbons (Fsp3) is 0.444. The number of methoxy groups -OCH3 is 1. The number of ether oxygens (including phenoxy) is 2. The second-order valence-electron chi connectivity index (χ2n) is 5.78. The van der Waals surface area contributed by atoms with Gasteiger partial charge in [-0.1, -0.05) is 12.1 Å². The summed E-state index contributed by atoms with van der Waals surface area (Å²) in [4.78, 5) is 27.2. The van der Waals surface area contributed by atoms with E-state index in [0.717, 1.165) is 0 Å². The lowest BCUT2D eigenvalue weighted by molar-refractivity contribution is -0.130. The number of carbonyl (C=O) groups is 2. The van der Waals surface area contributed by atoms with Crippen LogP contribution in [0.2, 0.25) is 0 Å². The molecule has 0 spiro atoms. The van der Waals surface area contributed by atoms with Crippen LogP contribution in [-0.2, 0) is 9.59 Å². The maximum absolute atomic E-state index is 12.6. The molecule has 1 aromatic rings. The average molecular weight is 368 g/mol. The largest absolute Gasteiger partial charge is 0.493 e. The van der Waals surface area contributed by atoms with E-state index >= 15 is 0 Å². The van der Waals surface area contributed by atoms with Crippen LogP contribution in [0, 0.1) is 0 Å². The van der Waals surface area contributed by atoms with Crippen molar-refractivity contribution in [3.05, 3.63) is 29.8 Å². The predicted molar refractivity (Wildman–Crippen MR) is 92.1 cm³/mol. The Bertz CT molecular complexity index is 679. The summed E-state index contributed by atoms with van der Waals surface area (Å²) in [5, 5.41) is 0. The van der Waals surface area contributed by atoms with Gasteiger partial charge in [0.25, 0.3) is 0 Å². The zero-order valence-electron chi connectivity index (χ0n) is 14.8. The molecule has 0 radical (unpaired) electrons. The van der Waals surface area contributed by atoms with Gasteiger partial charge in [-0.25, -0.2) is 0 Å². The van der Waals surface area contributed by atoms with Crippen LogP contribution in [0.25, 0.3) is 6.08 Å². The van der Waals surface area contributed by atoms with Crippen molar-refractivity contribution in [2.75, 3.05) is 33.3 Å².